The molecule has 1 fully saturated rings. The molecule has 2 aromatic rings. The van der Waals surface area contributed by atoms with E-state index in [0.717, 1.165) is 11.3 Å². The van der Waals surface area contributed by atoms with Crippen molar-refractivity contribution in [3.8, 4) is 17.2 Å². The Kier molecular flexibility index (Phi) is 4.50. The highest BCUT2D eigenvalue weighted by Crippen LogP contribution is 2.35. The average Bonchev–Trinajstić information content (AvgIpc) is 3.39. The van der Waals surface area contributed by atoms with Crippen molar-refractivity contribution in [1.29, 1.82) is 0 Å². The summed E-state index contributed by atoms with van der Waals surface area (Å²) in [6.07, 6.45) is 1.44. The molecular formula is C22H22N2O5. The van der Waals surface area contributed by atoms with E-state index in [1.165, 1.54) is 0 Å². The highest BCUT2D eigenvalue weighted by molar-refractivity contribution is 5.93. The van der Waals surface area contributed by atoms with Gasteiger partial charge >= 0.3 is 0 Å². The quantitative estimate of drug-likeness (QED) is 0.866. The van der Waals surface area contributed by atoms with Gasteiger partial charge in [-0.05, 0) is 36.6 Å². The molecule has 0 aromatic heterocycles. The number of nitrogens with zero attached hydrogens (tertiary/aromatic N) is 1. The lowest BCUT2D eigenvalue weighted by Gasteiger charge is -2.32. The number of carbonyl (C=O) groups is 2. The van der Waals surface area contributed by atoms with Crippen molar-refractivity contribution in [3.05, 3.63) is 48.0 Å². The molecule has 5 rings (SSSR count). The van der Waals surface area contributed by atoms with Crippen molar-refractivity contribution >= 4 is 17.5 Å². The molecule has 2 amide bonds. The Hall–Kier alpha value is -3.22. The van der Waals surface area contributed by atoms with Crippen LogP contribution in [0.25, 0.3) is 0 Å². The fourth-order valence-corrected chi connectivity index (χ4v) is 4.10. The second-order valence-corrected chi connectivity index (χ2v) is 7.58. The van der Waals surface area contributed by atoms with Crippen LogP contribution in [0.15, 0.2) is 42.5 Å². The Balaban J connectivity index is 1.14. The second-order valence-electron chi connectivity index (χ2n) is 7.58. The first kappa shape index (κ1) is 17.8. The van der Waals surface area contributed by atoms with E-state index in [9.17, 15) is 9.59 Å². The molecule has 3 heterocycles. The maximum atomic E-state index is 12.8. The summed E-state index contributed by atoms with van der Waals surface area (Å²) in [5.74, 6) is 1.98. The third-order valence-corrected chi connectivity index (χ3v) is 5.74. The molecule has 1 unspecified atom stereocenters. The van der Waals surface area contributed by atoms with Gasteiger partial charge < -0.3 is 24.4 Å². The van der Waals surface area contributed by atoms with Gasteiger partial charge in [0.2, 0.25) is 12.7 Å². The third kappa shape index (κ3) is 3.48. The predicted molar refractivity (Wildman–Crippen MR) is 105 cm³/mol. The van der Waals surface area contributed by atoms with Gasteiger partial charge in [0, 0.05) is 37.2 Å². The summed E-state index contributed by atoms with van der Waals surface area (Å²) in [4.78, 5) is 27.3. The molecule has 1 atom stereocenters. The van der Waals surface area contributed by atoms with Crippen molar-refractivity contribution in [2.45, 2.75) is 25.4 Å². The van der Waals surface area contributed by atoms with Crippen LogP contribution in [-0.2, 0) is 16.0 Å². The Bertz CT molecular complexity index is 927. The number of amides is 2. The molecule has 0 saturated carbocycles. The number of fused-ring (bicyclic) bond motifs is 2. The third-order valence-electron chi connectivity index (χ3n) is 5.74. The van der Waals surface area contributed by atoms with Gasteiger partial charge in [0.05, 0.1) is 0 Å². The van der Waals surface area contributed by atoms with Crippen LogP contribution in [0.3, 0.4) is 0 Å². The number of ether oxygens (including phenoxy) is 3. The molecular weight excluding hydrogens is 372 g/mol. The summed E-state index contributed by atoms with van der Waals surface area (Å²) in [7, 11) is 0. The zero-order valence-electron chi connectivity index (χ0n) is 15.9. The first-order valence-electron chi connectivity index (χ1n) is 9.91. The van der Waals surface area contributed by atoms with Crippen LogP contribution in [0.5, 0.6) is 17.2 Å². The minimum Gasteiger partial charge on any atom is -0.480 e. The van der Waals surface area contributed by atoms with Crippen molar-refractivity contribution < 1.29 is 23.8 Å². The van der Waals surface area contributed by atoms with Crippen LogP contribution in [-0.4, -0.2) is 42.7 Å². The zero-order chi connectivity index (χ0) is 19.8. The monoisotopic (exact) mass is 394 g/mol. The number of para-hydroxylation sites is 1. The fourth-order valence-electron chi connectivity index (χ4n) is 4.10. The van der Waals surface area contributed by atoms with E-state index in [4.69, 9.17) is 14.2 Å². The predicted octanol–water partition coefficient (Wildman–Crippen LogP) is 2.60. The molecule has 0 bridgehead atoms. The number of hydrogen-bond donors (Lipinski definition) is 1. The highest BCUT2D eigenvalue weighted by atomic mass is 16.7. The van der Waals surface area contributed by atoms with Gasteiger partial charge in [0.15, 0.2) is 17.6 Å². The molecule has 150 valence electrons. The Morgan fingerprint density at radius 1 is 0.966 bits per heavy atom. The Labute approximate surface area is 168 Å². The summed E-state index contributed by atoms with van der Waals surface area (Å²) in [5.41, 5.74) is 1.76. The number of carbonyl (C=O) groups excluding carboxylic acids is 2. The van der Waals surface area contributed by atoms with Gasteiger partial charge in [-0.3, -0.25) is 9.59 Å². The lowest BCUT2D eigenvalue weighted by Crippen LogP contribution is -2.46. The molecule has 7 nitrogen and oxygen atoms in total. The molecule has 1 N–H and O–H groups in total. The largest absolute Gasteiger partial charge is 0.480 e. The van der Waals surface area contributed by atoms with E-state index in [-0.39, 0.29) is 24.5 Å². The van der Waals surface area contributed by atoms with Crippen molar-refractivity contribution in [2.75, 3.05) is 25.2 Å². The molecule has 29 heavy (non-hydrogen) atoms. The van der Waals surface area contributed by atoms with Crippen molar-refractivity contribution in [3.63, 3.8) is 0 Å². The first-order valence-corrected chi connectivity index (χ1v) is 9.91. The zero-order valence-corrected chi connectivity index (χ0v) is 15.9. The van der Waals surface area contributed by atoms with E-state index in [0.29, 0.717) is 49.5 Å². The maximum absolute atomic E-state index is 12.8. The summed E-state index contributed by atoms with van der Waals surface area (Å²) in [6, 6.07) is 13.1. The molecule has 2 aromatic carbocycles. The first-order chi connectivity index (χ1) is 14.2. The minimum atomic E-state index is -0.452. The van der Waals surface area contributed by atoms with Crippen LogP contribution < -0.4 is 19.5 Å². The van der Waals surface area contributed by atoms with Gasteiger partial charge in [-0.15, -0.1) is 0 Å². The molecule has 3 aliphatic rings. The van der Waals surface area contributed by atoms with Crippen LogP contribution in [0.4, 0.5) is 5.69 Å². The number of likely N-dealkylation sites (tertiary alicyclic amines) is 1. The van der Waals surface area contributed by atoms with Gasteiger partial charge in [0.1, 0.15) is 5.75 Å². The van der Waals surface area contributed by atoms with Crippen molar-refractivity contribution in [1.82, 2.24) is 4.90 Å². The van der Waals surface area contributed by atoms with Gasteiger partial charge in [-0.25, -0.2) is 0 Å². The minimum absolute atomic E-state index is 0.0100. The lowest BCUT2D eigenvalue weighted by atomic mass is 9.95. The van der Waals surface area contributed by atoms with Gasteiger partial charge in [-0.1, -0.05) is 18.2 Å². The average molecular weight is 394 g/mol. The molecule has 0 radical (unpaired) electrons. The highest BCUT2D eigenvalue weighted by Gasteiger charge is 2.35. The van der Waals surface area contributed by atoms with E-state index >= 15 is 0 Å². The fraction of sp³-hybridized carbons (Fsp3) is 0.364. The summed E-state index contributed by atoms with van der Waals surface area (Å²) < 4.78 is 16.5. The number of nitrogens with one attached hydrogen (secondary N) is 1. The summed E-state index contributed by atoms with van der Waals surface area (Å²) >= 11 is 0. The number of piperidine rings is 1. The second kappa shape index (κ2) is 7.31. The molecule has 3 aliphatic heterocycles. The number of anilines is 1. The van der Waals surface area contributed by atoms with Gasteiger partial charge in [0.25, 0.3) is 5.91 Å². The molecule has 7 heteroatoms. The SMILES string of the molecule is O=C(Nc1ccc2c(c1)OCO2)C1CCN(C(=O)C2Cc3ccccc3O2)CC1. The molecule has 0 aliphatic carbocycles. The Morgan fingerprint density at radius 2 is 1.76 bits per heavy atom. The number of hydrogen-bond acceptors (Lipinski definition) is 5. The van der Waals surface area contributed by atoms with Crippen LogP contribution >= 0.6 is 0 Å². The molecule has 1 saturated heterocycles. The lowest BCUT2D eigenvalue weighted by molar-refractivity contribution is -0.140. The van der Waals surface area contributed by atoms with Gasteiger partial charge in [-0.2, -0.15) is 0 Å². The van der Waals surface area contributed by atoms with Crippen molar-refractivity contribution in [2.24, 2.45) is 5.92 Å². The van der Waals surface area contributed by atoms with E-state index in [1.807, 2.05) is 29.2 Å². The molecule has 0 spiro atoms. The Morgan fingerprint density at radius 3 is 2.59 bits per heavy atom. The van der Waals surface area contributed by atoms with E-state index in [1.54, 1.807) is 18.2 Å². The maximum Gasteiger partial charge on any atom is 0.263 e. The topological polar surface area (TPSA) is 77.1 Å². The number of benzene rings is 2. The standard InChI is InChI=1S/C22H22N2O5/c25-21(23-16-5-6-18-19(12-16)28-13-27-18)14-7-9-24(10-8-14)22(26)20-11-15-3-1-2-4-17(15)29-20/h1-6,12,14,20H,7-11,13H2,(H,23,25). The smallest absolute Gasteiger partial charge is 0.263 e. The normalized spacial score (nSPS) is 20.1. The summed E-state index contributed by atoms with van der Waals surface area (Å²) in [5, 5.41) is 2.95. The van der Waals surface area contributed by atoms with E-state index in [2.05, 4.69) is 5.32 Å². The number of rotatable bonds is 3. The van der Waals surface area contributed by atoms with Crippen LogP contribution in [0.2, 0.25) is 0 Å². The van der Waals surface area contributed by atoms with Crippen LogP contribution in [0, 0.1) is 5.92 Å². The van der Waals surface area contributed by atoms with E-state index < -0.39 is 6.10 Å². The van der Waals surface area contributed by atoms with Crippen LogP contribution in [0.1, 0.15) is 18.4 Å². The summed E-state index contributed by atoms with van der Waals surface area (Å²) in [6.45, 7) is 1.33.